The minimum atomic E-state index is -1.13. The highest BCUT2D eigenvalue weighted by Gasteiger charge is 2.44. The van der Waals surface area contributed by atoms with E-state index in [1.165, 1.54) is 5.57 Å². The largest absolute Gasteiger partial charge is 0.492 e. The number of benzene rings is 1. The van der Waals surface area contributed by atoms with Gasteiger partial charge in [-0.15, -0.1) is 0 Å². The number of rotatable bonds is 8. The van der Waals surface area contributed by atoms with Crippen molar-refractivity contribution < 1.29 is 9.13 Å². The zero-order valence-electron chi connectivity index (χ0n) is 31.7. The van der Waals surface area contributed by atoms with Gasteiger partial charge in [-0.2, -0.15) is 5.26 Å². The molecule has 4 nitrogen and oxygen atoms in total. The molecule has 8 heteroatoms. The van der Waals surface area contributed by atoms with E-state index in [-0.39, 0.29) is 22.7 Å². The molecule has 0 bridgehead atoms. The van der Waals surface area contributed by atoms with Crippen LogP contribution in [0.4, 0.5) is 4.39 Å². The third kappa shape index (κ3) is 7.96. The van der Waals surface area contributed by atoms with Crippen molar-refractivity contribution in [3.8, 4) is 11.8 Å². The molecule has 1 atom stereocenters. The molecule has 0 aliphatic carbocycles. The Labute approximate surface area is 316 Å². The van der Waals surface area contributed by atoms with Gasteiger partial charge in [-0.25, -0.2) is 4.39 Å². The summed E-state index contributed by atoms with van der Waals surface area (Å²) in [5, 5.41) is 10.9. The molecular weight excluding hydrogens is 800 g/mol. The van der Waals surface area contributed by atoms with Crippen LogP contribution in [0, 0.1) is 31.1 Å². The van der Waals surface area contributed by atoms with Gasteiger partial charge >= 0.3 is 0 Å². The summed E-state index contributed by atoms with van der Waals surface area (Å²) < 4.78 is 23.4. The topological polar surface area (TPSA) is 61.2 Å². The minimum absolute atomic E-state index is 0.159. The zero-order chi connectivity index (χ0) is 36.9. The van der Waals surface area contributed by atoms with Gasteiger partial charge in [0.25, 0.3) is 0 Å². The van der Waals surface area contributed by atoms with Gasteiger partial charge in [0, 0.05) is 26.5 Å². The third-order valence-electron chi connectivity index (χ3n) is 8.54. The van der Waals surface area contributed by atoms with Gasteiger partial charge in [-0.1, -0.05) is 109 Å². The molecule has 3 rings (SSSR count). The molecule has 0 fully saturated rings. The van der Waals surface area contributed by atoms with Gasteiger partial charge in [-0.3, -0.25) is 4.99 Å². The number of nitrogens with zero attached hydrogens (tertiary/aromatic N) is 2. The van der Waals surface area contributed by atoms with E-state index in [1.54, 1.807) is 6.92 Å². The van der Waals surface area contributed by atoms with E-state index in [4.69, 9.17) is 21.3 Å². The summed E-state index contributed by atoms with van der Waals surface area (Å²) in [6.45, 7) is 32.9. The molecule has 264 valence electrons. The maximum Gasteiger partial charge on any atom is 0.143 e. The summed E-state index contributed by atoms with van der Waals surface area (Å²) in [7, 11) is 0. The van der Waals surface area contributed by atoms with E-state index in [0.717, 1.165) is 60.5 Å². The Morgan fingerprint density at radius 1 is 0.958 bits per heavy atom. The Morgan fingerprint density at radius 2 is 1.52 bits per heavy atom. The molecule has 1 unspecified atom stereocenters. The average Bonchev–Trinajstić information content (AvgIpc) is 3.49. The fourth-order valence-corrected chi connectivity index (χ4v) is 8.24. The molecule has 1 N–H and O–H groups in total. The number of aliphatic imine (C=N–C) groups is 1. The van der Waals surface area contributed by atoms with Crippen molar-refractivity contribution in [3.05, 3.63) is 63.6 Å². The summed E-state index contributed by atoms with van der Waals surface area (Å²) in [5.41, 5.74) is 8.73. The maximum absolute atomic E-state index is 15.4. The van der Waals surface area contributed by atoms with E-state index in [1.807, 2.05) is 0 Å². The standard InChI is InChI=1S/C40H55BrClFIN3O/c1-16-18-48-34-27(37(4,5)6)25(23(19-21(3)43)31(44)30(34)42)26(32-22(17-2)24(20-45)36(41)47-32)33-28(38(7,8)9)29(39(10,11)12)35(46-33)40(13,14)15/h21,47H,16-19H2,1-15H3/b33-26-. The number of nitrogens with one attached hydrogen (secondary N) is 1. The molecule has 1 aromatic heterocycles. The van der Waals surface area contributed by atoms with E-state index in [0.29, 0.717) is 34.0 Å². The smallest absolute Gasteiger partial charge is 0.143 e. The lowest BCUT2D eigenvalue weighted by Crippen LogP contribution is -2.29. The van der Waals surface area contributed by atoms with E-state index in [2.05, 4.69) is 147 Å². The summed E-state index contributed by atoms with van der Waals surface area (Å²) >= 11 is 13.2. The Balaban J connectivity index is 2.98. The molecule has 1 aliphatic rings. The van der Waals surface area contributed by atoms with Crippen LogP contribution in [0.5, 0.6) is 5.75 Å². The fourth-order valence-electron chi connectivity index (χ4n) is 6.72. The minimum Gasteiger partial charge on any atom is -0.492 e. The van der Waals surface area contributed by atoms with Crippen LogP contribution in [0.1, 0.15) is 144 Å². The quantitative estimate of drug-likeness (QED) is 0.269. The monoisotopic (exact) mass is 853 g/mol. The molecule has 0 saturated heterocycles. The molecular formula is C40H55BrClFIN3O. The molecule has 48 heavy (non-hydrogen) atoms. The van der Waals surface area contributed by atoms with E-state index < -0.39 is 11.6 Å². The number of H-pyrrole nitrogens is 1. The van der Waals surface area contributed by atoms with Crippen LogP contribution >= 0.6 is 50.1 Å². The number of alkyl halides is 1. The first-order valence-electron chi connectivity index (χ1n) is 17.1. The second-order valence-electron chi connectivity index (χ2n) is 17.1. The molecule has 1 aromatic carbocycles. The molecule has 0 radical (unpaired) electrons. The summed E-state index contributed by atoms with van der Waals surface area (Å²) in [5.74, 6) is 0.623. The van der Waals surface area contributed by atoms with Crippen molar-refractivity contribution in [1.29, 1.82) is 5.26 Å². The molecule has 2 aromatic rings. The highest BCUT2D eigenvalue weighted by atomic mass is 127. The number of nitriles is 1. The van der Waals surface area contributed by atoms with Crippen LogP contribution in [-0.2, 0) is 18.3 Å². The maximum atomic E-state index is 15.4. The summed E-state index contributed by atoms with van der Waals surface area (Å²) in [6.07, 6.45) is 0.442. The van der Waals surface area contributed by atoms with Gasteiger partial charge in [-0.05, 0) is 102 Å². The Hall–Kier alpha value is -1.63. The van der Waals surface area contributed by atoms with Crippen LogP contribution in [0.3, 0.4) is 0 Å². The number of aromatic amines is 1. The number of ether oxygens (including phenoxy) is 1. The van der Waals surface area contributed by atoms with Crippen LogP contribution in [0.15, 0.2) is 26.4 Å². The molecule has 2 heterocycles. The van der Waals surface area contributed by atoms with Crippen molar-refractivity contribution in [1.82, 2.24) is 4.98 Å². The normalized spacial score (nSPS) is 16.3. The lowest BCUT2D eigenvalue weighted by atomic mass is 9.69. The number of hydrogen-bond donors (Lipinski definition) is 1. The van der Waals surface area contributed by atoms with Crippen LogP contribution in [0.2, 0.25) is 5.02 Å². The zero-order valence-corrected chi connectivity index (χ0v) is 36.2. The van der Waals surface area contributed by atoms with Crippen LogP contribution in [0.25, 0.3) is 5.57 Å². The number of halogens is 4. The second-order valence-corrected chi connectivity index (χ2v) is 19.3. The van der Waals surface area contributed by atoms with Gasteiger partial charge < -0.3 is 9.72 Å². The van der Waals surface area contributed by atoms with Gasteiger partial charge in [0.05, 0.1) is 34.3 Å². The van der Waals surface area contributed by atoms with E-state index in [9.17, 15) is 5.26 Å². The SMILES string of the molecule is CCCOc1c(Cl)c(I)c(CC(C)F)c(/C(=C2/N=C(C(C)(C)C)C(C(C)(C)C)=C2C(C)(C)C)c2[nH]c(Br)c(C#N)c2CC)c1C(C)(C)C. The predicted octanol–water partition coefficient (Wildman–Crippen LogP) is 13.1. The summed E-state index contributed by atoms with van der Waals surface area (Å²) in [6, 6.07) is 2.44. The van der Waals surface area contributed by atoms with Gasteiger partial charge in [0.1, 0.15) is 22.6 Å². The van der Waals surface area contributed by atoms with Crippen molar-refractivity contribution in [2.45, 2.75) is 135 Å². The highest BCUT2D eigenvalue weighted by molar-refractivity contribution is 14.1. The highest BCUT2D eigenvalue weighted by Crippen LogP contribution is 2.55. The van der Waals surface area contributed by atoms with Crippen LogP contribution in [-0.4, -0.2) is 23.5 Å². The molecule has 0 amide bonds. The summed E-state index contributed by atoms with van der Waals surface area (Å²) in [4.78, 5) is 9.27. The first-order chi connectivity index (χ1) is 21.8. The van der Waals surface area contributed by atoms with Gasteiger partial charge in [0.15, 0.2) is 0 Å². The third-order valence-corrected chi connectivity index (χ3v) is 11.0. The van der Waals surface area contributed by atoms with Crippen molar-refractivity contribution in [2.75, 3.05) is 6.61 Å². The van der Waals surface area contributed by atoms with Crippen molar-refractivity contribution in [2.24, 2.45) is 21.2 Å². The molecule has 0 saturated carbocycles. The Kier molecular flexibility index (Phi) is 12.4. The van der Waals surface area contributed by atoms with Crippen LogP contribution < -0.4 is 4.74 Å². The van der Waals surface area contributed by atoms with Crippen molar-refractivity contribution in [3.63, 3.8) is 0 Å². The first-order valence-corrected chi connectivity index (χ1v) is 19.3. The number of aromatic nitrogens is 1. The average molecular weight is 855 g/mol. The Bertz CT molecular complexity index is 1710. The molecule has 0 spiro atoms. The van der Waals surface area contributed by atoms with Gasteiger partial charge in [0.2, 0.25) is 0 Å². The number of hydrogen-bond acceptors (Lipinski definition) is 3. The number of allylic oxidation sites excluding steroid dienone is 2. The molecule has 1 aliphatic heterocycles. The first kappa shape index (κ1) is 40.8. The lowest BCUT2D eigenvalue weighted by molar-refractivity contribution is 0.307. The van der Waals surface area contributed by atoms with E-state index >= 15 is 4.39 Å². The Morgan fingerprint density at radius 3 is 1.94 bits per heavy atom. The predicted molar refractivity (Wildman–Crippen MR) is 214 cm³/mol. The van der Waals surface area contributed by atoms with Crippen molar-refractivity contribution >= 4 is 61.4 Å². The fraction of sp³-hybridized carbons (Fsp3) is 0.600. The second kappa shape index (κ2) is 14.5. The lowest BCUT2D eigenvalue weighted by Gasteiger charge is -2.34.